The molecule has 0 unspecified atom stereocenters. The first-order valence-corrected chi connectivity index (χ1v) is 5.61. The summed E-state index contributed by atoms with van der Waals surface area (Å²) >= 11 is 0. The highest BCUT2D eigenvalue weighted by Gasteiger charge is 2.07. The quantitative estimate of drug-likeness (QED) is 0.904. The molecule has 0 aliphatic carbocycles. The Bertz CT molecular complexity index is 577. The van der Waals surface area contributed by atoms with Crippen molar-refractivity contribution >= 4 is 11.6 Å². The molecule has 4 nitrogen and oxygen atoms in total. The minimum Gasteiger partial charge on any atom is -0.324 e. The SMILES string of the molecule is Cc1cc(C)n(CC(=O)Nc2cccc(F)c2)n1. The van der Waals surface area contributed by atoms with Crippen molar-refractivity contribution < 1.29 is 9.18 Å². The molecule has 0 radical (unpaired) electrons. The number of hydrogen-bond donors (Lipinski definition) is 1. The Morgan fingerprint density at radius 2 is 2.17 bits per heavy atom. The van der Waals surface area contributed by atoms with Gasteiger partial charge < -0.3 is 5.32 Å². The summed E-state index contributed by atoms with van der Waals surface area (Å²) in [7, 11) is 0. The van der Waals surface area contributed by atoms with Gasteiger partial charge in [0.15, 0.2) is 0 Å². The van der Waals surface area contributed by atoms with E-state index >= 15 is 0 Å². The molecule has 2 aromatic rings. The second-order valence-corrected chi connectivity index (χ2v) is 4.14. The third-order valence-corrected chi connectivity index (χ3v) is 2.51. The van der Waals surface area contributed by atoms with Crippen LogP contribution in [0.3, 0.4) is 0 Å². The number of halogens is 1. The molecule has 1 N–H and O–H groups in total. The van der Waals surface area contributed by atoms with Gasteiger partial charge in [-0.1, -0.05) is 6.07 Å². The topological polar surface area (TPSA) is 46.9 Å². The molecule has 5 heteroatoms. The van der Waals surface area contributed by atoms with Gasteiger partial charge >= 0.3 is 0 Å². The second kappa shape index (κ2) is 5.00. The maximum atomic E-state index is 12.9. The van der Waals surface area contributed by atoms with E-state index in [4.69, 9.17) is 0 Å². The van der Waals surface area contributed by atoms with Crippen molar-refractivity contribution in [2.75, 3.05) is 5.32 Å². The van der Waals surface area contributed by atoms with Gasteiger partial charge in [-0.05, 0) is 38.1 Å². The van der Waals surface area contributed by atoms with E-state index in [1.807, 2.05) is 19.9 Å². The van der Waals surface area contributed by atoms with E-state index in [0.717, 1.165) is 11.4 Å². The summed E-state index contributed by atoms with van der Waals surface area (Å²) in [6.07, 6.45) is 0. The molecule has 0 spiro atoms. The van der Waals surface area contributed by atoms with Crippen LogP contribution in [0, 0.1) is 19.7 Å². The number of carbonyl (C=O) groups excluding carboxylic acids is 1. The van der Waals surface area contributed by atoms with Crippen molar-refractivity contribution in [1.82, 2.24) is 9.78 Å². The van der Waals surface area contributed by atoms with Crippen molar-refractivity contribution in [2.45, 2.75) is 20.4 Å². The zero-order valence-corrected chi connectivity index (χ0v) is 10.3. The average Bonchev–Trinajstić information content (AvgIpc) is 2.57. The summed E-state index contributed by atoms with van der Waals surface area (Å²) in [6, 6.07) is 7.70. The van der Waals surface area contributed by atoms with Crippen LogP contribution in [0.25, 0.3) is 0 Å². The van der Waals surface area contributed by atoms with Crippen LogP contribution < -0.4 is 5.32 Å². The van der Waals surface area contributed by atoms with Crippen molar-refractivity contribution in [1.29, 1.82) is 0 Å². The van der Waals surface area contributed by atoms with Gasteiger partial charge in [0.2, 0.25) is 5.91 Å². The summed E-state index contributed by atoms with van der Waals surface area (Å²) in [5.74, 6) is -0.606. The first-order chi connectivity index (χ1) is 8.54. The van der Waals surface area contributed by atoms with Crippen LogP contribution in [-0.4, -0.2) is 15.7 Å². The summed E-state index contributed by atoms with van der Waals surface area (Å²) in [6.45, 7) is 3.87. The molecule has 0 atom stereocenters. The van der Waals surface area contributed by atoms with Gasteiger partial charge in [-0.15, -0.1) is 0 Å². The van der Waals surface area contributed by atoms with Crippen LogP contribution in [0.4, 0.5) is 10.1 Å². The van der Waals surface area contributed by atoms with E-state index in [2.05, 4.69) is 10.4 Å². The average molecular weight is 247 g/mol. The van der Waals surface area contributed by atoms with E-state index < -0.39 is 0 Å². The Kier molecular flexibility index (Phi) is 3.41. The van der Waals surface area contributed by atoms with Gasteiger partial charge in [0.05, 0.1) is 5.69 Å². The van der Waals surface area contributed by atoms with Crippen LogP contribution in [0.15, 0.2) is 30.3 Å². The molecule has 1 aromatic heterocycles. The molecule has 0 fully saturated rings. The summed E-state index contributed by atoms with van der Waals surface area (Å²) in [5, 5.41) is 6.82. The summed E-state index contributed by atoms with van der Waals surface area (Å²) in [5.41, 5.74) is 2.23. The number of hydrogen-bond acceptors (Lipinski definition) is 2. The zero-order chi connectivity index (χ0) is 13.1. The van der Waals surface area contributed by atoms with Gasteiger partial charge in [0.1, 0.15) is 12.4 Å². The van der Waals surface area contributed by atoms with Gasteiger partial charge in [0, 0.05) is 11.4 Å². The monoisotopic (exact) mass is 247 g/mol. The minimum absolute atomic E-state index is 0.121. The highest BCUT2D eigenvalue weighted by molar-refractivity contribution is 5.90. The molecule has 1 aromatic carbocycles. The highest BCUT2D eigenvalue weighted by Crippen LogP contribution is 2.09. The maximum absolute atomic E-state index is 12.9. The lowest BCUT2D eigenvalue weighted by atomic mass is 10.3. The number of anilines is 1. The fourth-order valence-electron chi connectivity index (χ4n) is 1.74. The van der Waals surface area contributed by atoms with Gasteiger partial charge in [-0.3, -0.25) is 9.48 Å². The van der Waals surface area contributed by atoms with E-state index in [0.29, 0.717) is 5.69 Å². The molecule has 18 heavy (non-hydrogen) atoms. The zero-order valence-electron chi connectivity index (χ0n) is 10.3. The van der Waals surface area contributed by atoms with Crippen LogP contribution in [-0.2, 0) is 11.3 Å². The van der Waals surface area contributed by atoms with E-state index in [9.17, 15) is 9.18 Å². The van der Waals surface area contributed by atoms with Gasteiger partial charge in [0.25, 0.3) is 0 Å². The summed E-state index contributed by atoms with van der Waals surface area (Å²) < 4.78 is 14.6. The number of rotatable bonds is 3. The molecule has 1 heterocycles. The number of aryl methyl sites for hydroxylation is 2. The number of nitrogens with one attached hydrogen (secondary N) is 1. The molecular weight excluding hydrogens is 233 g/mol. The van der Waals surface area contributed by atoms with Crippen molar-refractivity contribution in [3.63, 3.8) is 0 Å². The molecule has 1 amide bonds. The second-order valence-electron chi connectivity index (χ2n) is 4.14. The van der Waals surface area contributed by atoms with Crippen LogP contribution >= 0.6 is 0 Å². The van der Waals surface area contributed by atoms with Crippen molar-refractivity contribution in [2.24, 2.45) is 0 Å². The van der Waals surface area contributed by atoms with Gasteiger partial charge in [-0.2, -0.15) is 5.10 Å². The van der Waals surface area contributed by atoms with Gasteiger partial charge in [-0.25, -0.2) is 4.39 Å². The standard InChI is InChI=1S/C13H14FN3O/c1-9-6-10(2)17(16-9)8-13(18)15-12-5-3-4-11(14)7-12/h3-7H,8H2,1-2H3,(H,15,18). The third kappa shape index (κ3) is 2.94. The molecule has 0 saturated heterocycles. The Morgan fingerprint density at radius 3 is 2.78 bits per heavy atom. The fraction of sp³-hybridized carbons (Fsp3) is 0.231. The van der Waals surface area contributed by atoms with Crippen LogP contribution in [0.1, 0.15) is 11.4 Å². The number of nitrogens with zero attached hydrogens (tertiary/aromatic N) is 2. The Labute approximate surface area is 104 Å². The molecule has 0 bridgehead atoms. The fourth-order valence-corrected chi connectivity index (χ4v) is 1.74. The lowest BCUT2D eigenvalue weighted by Crippen LogP contribution is -2.20. The number of benzene rings is 1. The lowest BCUT2D eigenvalue weighted by molar-refractivity contribution is -0.116. The van der Waals surface area contributed by atoms with E-state index in [1.54, 1.807) is 16.8 Å². The Hall–Kier alpha value is -2.17. The first kappa shape index (κ1) is 12.3. The van der Waals surface area contributed by atoms with E-state index in [-0.39, 0.29) is 18.3 Å². The molecule has 0 aliphatic heterocycles. The van der Waals surface area contributed by atoms with Crippen LogP contribution in [0.5, 0.6) is 0 Å². The van der Waals surface area contributed by atoms with Crippen molar-refractivity contribution in [3.05, 3.63) is 47.5 Å². The normalized spacial score (nSPS) is 10.4. The van der Waals surface area contributed by atoms with E-state index in [1.165, 1.54) is 12.1 Å². The lowest BCUT2D eigenvalue weighted by Gasteiger charge is -2.06. The first-order valence-electron chi connectivity index (χ1n) is 5.61. The number of carbonyl (C=O) groups is 1. The number of amides is 1. The highest BCUT2D eigenvalue weighted by atomic mass is 19.1. The molecule has 0 saturated carbocycles. The molecule has 0 aliphatic rings. The molecule has 94 valence electrons. The van der Waals surface area contributed by atoms with Crippen LogP contribution in [0.2, 0.25) is 0 Å². The Morgan fingerprint density at radius 1 is 1.39 bits per heavy atom. The number of aromatic nitrogens is 2. The smallest absolute Gasteiger partial charge is 0.246 e. The predicted octanol–water partition coefficient (Wildman–Crippen LogP) is 2.28. The largest absolute Gasteiger partial charge is 0.324 e. The predicted molar refractivity (Wildman–Crippen MR) is 66.7 cm³/mol. The van der Waals surface area contributed by atoms with Crippen molar-refractivity contribution in [3.8, 4) is 0 Å². The Balaban J connectivity index is 2.03. The third-order valence-electron chi connectivity index (χ3n) is 2.51. The summed E-state index contributed by atoms with van der Waals surface area (Å²) in [4.78, 5) is 11.8. The minimum atomic E-state index is -0.376. The maximum Gasteiger partial charge on any atom is 0.246 e. The molecule has 2 rings (SSSR count). The molecular formula is C13H14FN3O.